The van der Waals surface area contributed by atoms with Gasteiger partial charge >= 0.3 is 138 Å². The minimum absolute atomic E-state index is 0.0107. The molecule has 8 nitrogen and oxygen atoms in total. The first-order chi connectivity index (χ1) is 9.61. The number of ether oxygens (including phenoxy) is 1. The van der Waals surface area contributed by atoms with Gasteiger partial charge in [0.15, 0.2) is 0 Å². The molecule has 0 saturated carbocycles. The van der Waals surface area contributed by atoms with Crippen LogP contribution < -0.4 is 4.74 Å². The second-order valence-corrected chi connectivity index (χ2v) is 8.38. The molecule has 3 N–H and O–H groups in total. The Balaban J connectivity index is 2.84. The zero-order valence-corrected chi connectivity index (χ0v) is 13.8. The summed E-state index contributed by atoms with van der Waals surface area (Å²) in [5.74, 6) is -2.60. The molecular formula is C11H11NaO8S. The molecule has 1 rings (SSSR count). The number of hydrogen-bond acceptors (Lipinski definition) is 5. The SMILES string of the molecule is O=C(O)c1cc(OCC[CH]([Na])S(=O)(=O)O)cc(C(=O)O)c1. The summed E-state index contributed by atoms with van der Waals surface area (Å²) in [5, 5.41) is 17.8. The van der Waals surface area contributed by atoms with Crippen LogP contribution in [-0.2, 0) is 10.1 Å². The predicted octanol–water partition coefficient (Wildman–Crippen LogP) is 0.234. The van der Waals surface area contributed by atoms with Crippen molar-refractivity contribution in [2.24, 2.45) is 0 Å². The van der Waals surface area contributed by atoms with Gasteiger partial charge in [-0.3, -0.25) is 0 Å². The molecule has 0 fully saturated rings. The van der Waals surface area contributed by atoms with E-state index < -0.39 is 24.6 Å². The summed E-state index contributed by atoms with van der Waals surface area (Å²) in [5.41, 5.74) is -0.496. The molecule has 0 aromatic heterocycles. The van der Waals surface area contributed by atoms with E-state index >= 15 is 0 Å². The fraction of sp³-hybridized carbons (Fsp3) is 0.273. The Bertz CT molecular complexity index is 622. The normalized spacial score (nSPS) is 12.7. The summed E-state index contributed by atoms with van der Waals surface area (Å²) in [6.07, 6.45) is 0.0325. The van der Waals surface area contributed by atoms with Crippen molar-refractivity contribution in [2.75, 3.05) is 6.61 Å². The van der Waals surface area contributed by atoms with E-state index in [1.54, 1.807) is 0 Å². The number of aromatic carboxylic acids is 2. The fourth-order valence-electron chi connectivity index (χ4n) is 1.42. The maximum atomic E-state index is 10.9. The Labute approximate surface area is 137 Å². The summed E-state index contributed by atoms with van der Waals surface area (Å²) >= 11 is 0.209. The van der Waals surface area contributed by atoms with Crippen LogP contribution in [0.3, 0.4) is 0 Å². The number of hydrogen-bond donors (Lipinski definition) is 3. The average Bonchev–Trinajstić information content (AvgIpc) is 2.36. The number of benzene rings is 1. The molecule has 0 heterocycles. The van der Waals surface area contributed by atoms with Crippen LogP contribution in [0.1, 0.15) is 27.1 Å². The van der Waals surface area contributed by atoms with Crippen LogP contribution in [0, 0.1) is 0 Å². The number of carboxylic acids is 2. The second-order valence-electron chi connectivity index (χ2n) is 4.32. The van der Waals surface area contributed by atoms with Crippen LogP contribution in [0.2, 0.25) is 0 Å². The molecule has 0 aliphatic rings. The monoisotopic (exact) mass is 326 g/mol. The third-order valence-corrected chi connectivity index (χ3v) is 6.32. The van der Waals surface area contributed by atoms with Gasteiger partial charge in [0.1, 0.15) is 0 Å². The van der Waals surface area contributed by atoms with Crippen LogP contribution in [0.15, 0.2) is 18.2 Å². The van der Waals surface area contributed by atoms with E-state index in [9.17, 15) is 18.0 Å². The van der Waals surface area contributed by atoms with Crippen molar-refractivity contribution < 1.29 is 37.5 Å². The Morgan fingerprint density at radius 2 is 1.62 bits per heavy atom. The van der Waals surface area contributed by atoms with Gasteiger partial charge < -0.3 is 0 Å². The average molecular weight is 326 g/mol. The van der Waals surface area contributed by atoms with E-state index in [4.69, 9.17) is 19.5 Å². The van der Waals surface area contributed by atoms with Crippen molar-refractivity contribution >= 4 is 50.0 Å². The Hall–Kier alpha value is -1.13. The first-order valence-corrected chi connectivity index (χ1v) is 8.48. The van der Waals surface area contributed by atoms with Crippen LogP contribution in [0.25, 0.3) is 0 Å². The first kappa shape index (κ1) is 17.9. The molecule has 1 aromatic rings. The fourth-order valence-corrected chi connectivity index (χ4v) is 2.05. The number of rotatable bonds is 7. The molecule has 0 amide bonds. The molecule has 0 radical (unpaired) electrons. The molecule has 0 aliphatic carbocycles. The zero-order valence-electron chi connectivity index (χ0n) is 11.0. The van der Waals surface area contributed by atoms with E-state index in [1.165, 1.54) is 0 Å². The predicted molar refractivity (Wildman–Crippen MR) is 71.6 cm³/mol. The molecule has 110 valence electrons. The maximum absolute atomic E-state index is 10.9. The van der Waals surface area contributed by atoms with E-state index in [0.29, 0.717) is 0 Å². The van der Waals surface area contributed by atoms with Crippen molar-refractivity contribution in [3.05, 3.63) is 29.3 Å². The van der Waals surface area contributed by atoms with Crippen molar-refractivity contribution in [2.45, 2.75) is 8.92 Å². The molecule has 0 saturated heterocycles. The minimum atomic E-state index is -4.11. The van der Waals surface area contributed by atoms with Gasteiger partial charge in [0, 0.05) is 0 Å². The van der Waals surface area contributed by atoms with Crippen LogP contribution in [0.5, 0.6) is 5.75 Å². The summed E-state index contributed by atoms with van der Waals surface area (Å²) in [7, 11) is -4.11. The second kappa shape index (κ2) is 7.23. The molecule has 1 atom stereocenters. The van der Waals surface area contributed by atoms with E-state index in [-0.39, 0.29) is 57.8 Å². The van der Waals surface area contributed by atoms with Gasteiger partial charge in [0.2, 0.25) is 0 Å². The van der Waals surface area contributed by atoms with Gasteiger partial charge in [-0.05, 0) is 0 Å². The summed E-state index contributed by atoms with van der Waals surface area (Å²) in [6, 6.07) is 3.28. The van der Waals surface area contributed by atoms with Gasteiger partial charge in [-0.25, -0.2) is 0 Å². The van der Waals surface area contributed by atoms with E-state index in [2.05, 4.69) is 0 Å². The number of carboxylic acid groups (broad SMARTS) is 2. The Morgan fingerprint density at radius 3 is 2.00 bits per heavy atom. The summed E-state index contributed by atoms with van der Waals surface area (Å²) in [6.45, 7) is -0.0872. The van der Waals surface area contributed by atoms with E-state index in [1.807, 2.05) is 0 Å². The van der Waals surface area contributed by atoms with Gasteiger partial charge in [0.05, 0.1) is 0 Å². The van der Waals surface area contributed by atoms with Crippen LogP contribution in [0.4, 0.5) is 0 Å². The Morgan fingerprint density at radius 1 is 1.14 bits per heavy atom. The summed E-state index contributed by atoms with van der Waals surface area (Å²) < 4.78 is 34.8. The van der Waals surface area contributed by atoms with Crippen LogP contribution in [-0.4, -0.2) is 72.2 Å². The molecule has 1 aromatic carbocycles. The topological polar surface area (TPSA) is 138 Å². The van der Waals surface area contributed by atoms with Crippen molar-refractivity contribution in [1.82, 2.24) is 0 Å². The molecule has 10 heteroatoms. The molecule has 21 heavy (non-hydrogen) atoms. The molecule has 1 unspecified atom stereocenters. The molecular weight excluding hydrogens is 315 g/mol. The number of carbonyl (C=O) groups is 2. The Kier molecular flexibility index (Phi) is 6.17. The van der Waals surface area contributed by atoms with Gasteiger partial charge in [-0.2, -0.15) is 0 Å². The third kappa shape index (κ3) is 5.64. The van der Waals surface area contributed by atoms with Crippen molar-refractivity contribution in [3.8, 4) is 5.75 Å². The quantitative estimate of drug-likeness (QED) is 0.478. The first-order valence-electron chi connectivity index (χ1n) is 5.82. The molecule has 0 bridgehead atoms. The summed E-state index contributed by atoms with van der Waals surface area (Å²) in [4.78, 5) is 21.8. The third-order valence-electron chi connectivity index (χ3n) is 2.70. The van der Waals surface area contributed by atoms with Gasteiger partial charge in [0.25, 0.3) is 0 Å². The van der Waals surface area contributed by atoms with Gasteiger partial charge in [-0.15, -0.1) is 0 Å². The van der Waals surface area contributed by atoms with Crippen molar-refractivity contribution in [1.29, 1.82) is 0 Å². The standard InChI is InChI=1S/C11H11O8S.Na/c12-10(13)7-4-8(11(14)15)6-9(5-7)19-2-1-3-20(16,17)18;/h3-6H,1-2H2,(H,12,13)(H,14,15)(H,16,17,18);. The van der Waals surface area contributed by atoms with Gasteiger partial charge in [-0.1, -0.05) is 0 Å². The zero-order chi connectivity index (χ0) is 16.2. The van der Waals surface area contributed by atoms with E-state index in [0.717, 1.165) is 18.2 Å². The molecule has 0 aliphatic heterocycles. The van der Waals surface area contributed by atoms with Crippen molar-refractivity contribution in [3.63, 3.8) is 0 Å². The van der Waals surface area contributed by atoms with Crippen LogP contribution >= 0.6 is 0 Å². The molecule has 0 spiro atoms.